The largest absolute Gasteiger partial charge is 0.377 e. The van der Waals surface area contributed by atoms with Gasteiger partial charge < -0.3 is 15.3 Å². The molecule has 0 saturated carbocycles. The van der Waals surface area contributed by atoms with Gasteiger partial charge in [0, 0.05) is 13.1 Å². The van der Waals surface area contributed by atoms with Crippen LogP contribution in [-0.2, 0) is 0 Å². The average Bonchev–Trinajstić information content (AvgIpc) is 2.61. The molecule has 0 spiro atoms. The number of urea groups is 1. The van der Waals surface area contributed by atoms with E-state index in [4.69, 9.17) is 0 Å². The molecule has 0 aromatic heterocycles. The molecule has 5 heteroatoms. The second-order valence-corrected chi connectivity index (χ2v) is 5.62. The molecule has 1 heterocycles. The summed E-state index contributed by atoms with van der Waals surface area (Å²) in [5.41, 5.74) is 2.06. The number of hydrogen-bond donors (Lipinski definition) is 3. The first-order valence-corrected chi connectivity index (χ1v) is 7.81. The number of β-amino-alcohol motifs (C(OH)–C–C–N with tert-alkyl or cyclic N) is 1. The van der Waals surface area contributed by atoms with Crippen LogP contribution >= 0.6 is 0 Å². The van der Waals surface area contributed by atoms with Crippen molar-refractivity contribution in [1.82, 2.24) is 15.5 Å². The van der Waals surface area contributed by atoms with E-state index in [-0.39, 0.29) is 12.1 Å². The van der Waals surface area contributed by atoms with Crippen molar-refractivity contribution < 1.29 is 9.90 Å². The minimum atomic E-state index is -0.665. The molecule has 2 amide bonds. The van der Waals surface area contributed by atoms with Crippen LogP contribution in [0.5, 0.6) is 0 Å². The molecule has 3 rings (SSSR count). The molecule has 120 valence electrons. The fourth-order valence-electron chi connectivity index (χ4n) is 2.78. The highest BCUT2D eigenvalue weighted by atomic mass is 16.3. The van der Waals surface area contributed by atoms with Crippen molar-refractivity contribution >= 4 is 6.03 Å². The monoisotopic (exact) mass is 311 g/mol. The van der Waals surface area contributed by atoms with Crippen molar-refractivity contribution in [3.63, 3.8) is 0 Å². The Morgan fingerprint density at radius 3 is 2.17 bits per heavy atom. The summed E-state index contributed by atoms with van der Waals surface area (Å²) in [6.07, 6.45) is -0.665. The number of benzene rings is 2. The van der Waals surface area contributed by atoms with Gasteiger partial charge in [0.25, 0.3) is 0 Å². The Bertz CT molecular complexity index is 594. The molecule has 1 fully saturated rings. The number of aliphatic hydroxyl groups excluding tert-OH is 1. The fraction of sp³-hybridized carbons (Fsp3) is 0.278. The average molecular weight is 311 g/mol. The summed E-state index contributed by atoms with van der Waals surface area (Å²) in [6.45, 7) is 1.47. The van der Waals surface area contributed by atoms with Crippen LogP contribution in [0.4, 0.5) is 4.79 Å². The highest BCUT2D eigenvalue weighted by Crippen LogP contribution is 2.22. The summed E-state index contributed by atoms with van der Waals surface area (Å²) >= 11 is 0. The Balaban J connectivity index is 1.80. The Hall–Kier alpha value is -2.37. The number of aliphatic hydroxyl groups is 1. The van der Waals surface area contributed by atoms with Crippen LogP contribution in [0.3, 0.4) is 0 Å². The van der Waals surface area contributed by atoms with E-state index in [1.165, 1.54) is 0 Å². The van der Waals surface area contributed by atoms with Gasteiger partial charge in [-0.2, -0.15) is 0 Å². The first-order chi connectivity index (χ1) is 11.2. The number of rotatable bonds is 3. The summed E-state index contributed by atoms with van der Waals surface area (Å²) in [4.78, 5) is 14.2. The Morgan fingerprint density at radius 2 is 1.65 bits per heavy atom. The summed E-state index contributed by atoms with van der Waals surface area (Å²) in [6, 6.07) is 19.4. The second-order valence-electron chi connectivity index (χ2n) is 5.62. The standard InChI is InChI=1S/C18H21N3O2/c22-16-13-21(12-11-19-16)18(23)20-17(14-7-3-1-4-8-14)15-9-5-2-6-10-15/h1-10,16-17,19,22H,11-13H2,(H,20,23). The number of carbonyl (C=O) groups excluding carboxylic acids is 1. The summed E-state index contributed by atoms with van der Waals surface area (Å²) in [5.74, 6) is 0. The molecule has 1 atom stereocenters. The van der Waals surface area contributed by atoms with Crippen LogP contribution in [0.25, 0.3) is 0 Å². The fourth-order valence-corrected chi connectivity index (χ4v) is 2.78. The van der Waals surface area contributed by atoms with Crippen molar-refractivity contribution in [3.8, 4) is 0 Å². The summed E-state index contributed by atoms with van der Waals surface area (Å²) in [7, 11) is 0. The molecule has 0 radical (unpaired) electrons. The van der Waals surface area contributed by atoms with E-state index in [1.807, 2.05) is 60.7 Å². The predicted molar refractivity (Wildman–Crippen MR) is 88.8 cm³/mol. The lowest BCUT2D eigenvalue weighted by Gasteiger charge is -2.32. The van der Waals surface area contributed by atoms with Crippen molar-refractivity contribution in [1.29, 1.82) is 0 Å². The number of piperazine rings is 1. The van der Waals surface area contributed by atoms with Gasteiger partial charge in [-0.25, -0.2) is 4.79 Å². The molecule has 1 aliphatic rings. The van der Waals surface area contributed by atoms with Crippen molar-refractivity contribution in [3.05, 3.63) is 71.8 Å². The molecule has 5 nitrogen and oxygen atoms in total. The molecule has 1 unspecified atom stereocenters. The first-order valence-electron chi connectivity index (χ1n) is 7.81. The first kappa shape index (κ1) is 15.5. The molecule has 0 bridgehead atoms. The third-order valence-electron chi connectivity index (χ3n) is 3.98. The van der Waals surface area contributed by atoms with E-state index >= 15 is 0 Å². The maximum absolute atomic E-state index is 12.6. The van der Waals surface area contributed by atoms with Gasteiger partial charge in [0.2, 0.25) is 0 Å². The molecular formula is C18H21N3O2. The zero-order chi connectivity index (χ0) is 16.1. The van der Waals surface area contributed by atoms with Crippen LogP contribution in [0.1, 0.15) is 17.2 Å². The molecule has 0 aliphatic carbocycles. The van der Waals surface area contributed by atoms with Gasteiger partial charge in [0.1, 0.15) is 6.23 Å². The molecule has 23 heavy (non-hydrogen) atoms. The minimum absolute atomic E-state index is 0.164. The smallest absolute Gasteiger partial charge is 0.318 e. The van der Waals surface area contributed by atoms with Gasteiger partial charge in [-0.15, -0.1) is 0 Å². The molecule has 1 saturated heterocycles. The van der Waals surface area contributed by atoms with Gasteiger partial charge in [0.15, 0.2) is 0 Å². The SMILES string of the molecule is O=C(NC(c1ccccc1)c1ccccc1)N1CCNC(O)C1. The number of carbonyl (C=O) groups is 1. The number of hydrogen-bond acceptors (Lipinski definition) is 3. The number of nitrogens with zero attached hydrogens (tertiary/aromatic N) is 1. The van der Waals surface area contributed by atoms with Crippen LogP contribution < -0.4 is 10.6 Å². The van der Waals surface area contributed by atoms with E-state index in [0.29, 0.717) is 19.6 Å². The highest BCUT2D eigenvalue weighted by Gasteiger charge is 2.24. The van der Waals surface area contributed by atoms with Crippen LogP contribution in [0.2, 0.25) is 0 Å². The lowest BCUT2D eigenvalue weighted by atomic mass is 9.99. The van der Waals surface area contributed by atoms with Gasteiger partial charge >= 0.3 is 6.03 Å². The summed E-state index contributed by atoms with van der Waals surface area (Å²) in [5, 5.41) is 15.7. The molecule has 3 N–H and O–H groups in total. The third-order valence-corrected chi connectivity index (χ3v) is 3.98. The zero-order valence-corrected chi connectivity index (χ0v) is 12.9. The van der Waals surface area contributed by atoms with Crippen LogP contribution in [0, 0.1) is 0 Å². The zero-order valence-electron chi connectivity index (χ0n) is 12.9. The van der Waals surface area contributed by atoms with Gasteiger partial charge in [-0.3, -0.25) is 5.32 Å². The topological polar surface area (TPSA) is 64.6 Å². The maximum Gasteiger partial charge on any atom is 0.318 e. The lowest BCUT2D eigenvalue weighted by molar-refractivity contribution is 0.0677. The summed E-state index contributed by atoms with van der Waals surface area (Å²) < 4.78 is 0. The van der Waals surface area contributed by atoms with Crippen molar-refractivity contribution in [2.75, 3.05) is 19.6 Å². The Kier molecular flexibility index (Phi) is 4.90. The highest BCUT2D eigenvalue weighted by molar-refractivity contribution is 5.75. The van der Waals surface area contributed by atoms with Crippen molar-refractivity contribution in [2.45, 2.75) is 12.3 Å². The van der Waals surface area contributed by atoms with E-state index in [1.54, 1.807) is 4.90 Å². The van der Waals surface area contributed by atoms with E-state index in [0.717, 1.165) is 11.1 Å². The normalized spacial score (nSPS) is 18.0. The van der Waals surface area contributed by atoms with E-state index in [9.17, 15) is 9.90 Å². The third kappa shape index (κ3) is 3.88. The van der Waals surface area contributed by atoms with Crippen LogP contribution in [-0.4, -0.2) is 41.9 Å². The van der Waals surface area contributed by atoms with E-state index < -0.39 is 6.23 Å². The Morgan fingerprint density at radius 1 is 1.09 bits per heavy atom. The Labute approximate surface area is 135 Å². The lowest BCUT2D eigenvalue weighted by Crippen LogP contribution is -2.55. The molecular weight excluding hydrogens is 290 g/mol. The van der Waals surface area contributed by atoms with Gasteiger partial charge in [-0.05, 0) is 11.1 Å². The molecule has 2 aromatic carbocycles. The van der Waals surface area contributed by atoms with E-state index in [2.05, 4.69) is 10.6 Å². The maximum atomic E-state index is 12.6. The second kappa shape index (κ2) is 7.26. The van der Waals surface area contributed by atoms with Crippen LogP contribution in [0.15, 0.2) is 60.7 Å². The predicted octanol–water partition coefficient (Wildman–Crippen LogP) is 1.71. The quantitative estimate of drug-likeness (QED) is 0.808. The van der Waals surface area contributed by atoms with Gasteiger partial charge in [-0.1, -0.05) is 60.7 Å². The number of nitrogens with one attached hydrogen (secondary N) is 2. The molecule has 2 aromatic rings. The minimum Gasteiger partial charge on any atom is -0.377 e. The van der Waals surface area contributed by atoms with Crippen molar-refractivity contribution in [2.24, 2.45) is 0 Å². The number of amides is 2. The molecule has 1 aliphatic heterocycles. The van der Waals surface area contributed by atoms with Gasteiger partial charge in [0.05, 0.1) is 12.6 Å².